The zero-order chi connectivity index (χ0) is 14.8. The van der Waals surface area contributed by atoms with Gasteiger partial charge < -0.3 is 15.2 Å². The van der Waals surface area contributed by atoms with E-state index in [1.54, 1.807) is 31.2 Å². The number of hydrogen-bond acceptors (Lipinski definition) is 5. The molecule has 6 heteroatoms. The summed E-state index contributed by atoms with van der Waals surface area (Å²) in [5.74, 6) is 1.41. The van der Waals surface area contributed by atoms with Crippen LogP contribution in [0.25, 0.3) is 0 Å². The van der Waals surface area contributed by atoms with Crippen LogP contribution in [-0.4, -0.2) is 34.0 Å². The molecule has 1 amide bonds. The molecule has 1 atom stereocenters. The van der Waals surface area contributed by atoms with Gasteiger partial charge in [-0.05, 0) is 44.0 Å². The molecule has 1 aromatic heterocycles. The molecule has 110 valence electrons. The molecule has 1 aliphatic heterocycles. The monoisotopic (exact) mass is 286 g/mol. The lowest BCUT2D eigenvalue weighted by Gasteiger charge is -2.31. The van der Waals surface area contributed by atoms with Gasteiger partial charge in [0.2, 0.25) is 5.89 Å². The number of aromatic nitrogens is 2. The SMILES string of the molecule is Cc1noc(C2CCCN(C(=O)c3ccc(N)cc3)C2)n1. The van der Waals surface area contributed by atoms with Crippen LogP contribution in [0.15, 0.2) is 28.8 Å². The van der Waals surface area contributed by atoms with Crippen molar-refractivity contribution < 1.29 is 9.32 Å². The van der Waals surface area contributed by atoms with Gasteiger partial charge in [0.15, 0.2) is 5.82 Å². The number of nitrogens with zero attached hydrogens (tertiary/aromatic N) is 3. The molecule has 6 nitrogen and oxygen atoms in total. The summed E-state index contributed by atoms with van der Waals surface area (Å²) in [7, 11) is 0. The number of likely N-dealkylation sites (tertiary alicyclic amines) is 1. The van der Waals surface area contributed by atoms with E-state index < -0.39 is 0 Å². The van der Waals surface area contributed by atoms with Crippen molar-refractivity contribution in [1.82, 2.24) is 15.0 Å². The largest absolute Gasteiger partial charge is 0.399 e. The number of aryl methyl sites for hydroxylation is 1. The third kappa shape index (κ3) is 2.89. The summed E-state index contributed by atoms with van der Waals surface area (Å²) in [6.45, 7) is 3.17. The smallest absolute Gasteiger partial charge is 0.253 e. The predicted octanol–water partition coefficient (Wildman–Crippen LogP) is 1.98. The van der Waals surface area contributed by atoms with E-state index in [2.05, 4.69) is 10.1 Å². The van der Waals surface area contributed by atoms with E-state index >= 15 is 0 Å². The number of benzene rings is 1. The normalized spacial score (nSPS) is 18.7. The lowest BCUT2D eigenvalue weighted by Crippen LogP contribution is -2.39. The van der Waals surface area contributed by atoms with Gasteiger partial charge in [-0.3, -0.25) is 4.79 Å². The van der Waals surface area contributed by atoms with Crippen molar-refractivity contribution in [1.29, 1.82) is 0 Å². The Morgan fingerprint density at radius 1 is 1.38 bits per heavy atom. The lowest BCUT2D eigenvalue weighted by molar-refractivity contribution is 0.0695. The van der Waals surface area contributed by atoms with Gasteiger partial charge in [-0.2, -0.15) is 4.98 Å². The molecule has 21 heavy (non-hydrogen) atoms. The number of carbonyl (C=O) groups excluding carboxylic acids is 1. The summed E-state index contributed by atoms with van der Waals surface area (Å²) in [5, 5.41) is 3.83. The van der Waals surface area contributed by atoms with Crippen LogP contribution in [0.4, 0.5) is 5.69 Å². The third-order valence-corrected chi connectivity index (χ3v) is 3.76. The number of amides is 1. The maximum absolute atomic E-state index is 12.5. The van der Waals surface area contributed by atoms with Gasteiger partial charge in [-0.15, -0.1) is 0 Å². The van der Waals surface area contributed by atoms with Crippen molar-refractivity contribution in [2.24, 2.45) is 0 Å². The molecule has 1 fully saturated rings. The first-order valence-electron chi connectivity index (χ1n) is 7.08. The van der Waals surface area contributed by atoms with Gasteiger partial charge in [0, 0.05) is 24.3 Å². The first-order chi connectivity index (χ1) is 10.1. The van der Waals surface area contributed by atoms with E-state index in [-0.39, 0.29) is 11.8 Å². The van der Waals surface area contributed by atoms with Gasteiger partial charge in [0.25, 0.3) is 5.91 Å². The number of hydrogen-bond donors (Lipinski definition) is 1. The number of rotatable bonds is 2. The van der Waals surface area contributed by atoms with Gasteiger partial charge in [-0.25, -0.2) is 0 Å². The van der Waals surface area contributed by atoms with Crippen molar-refractivity contribution in [2.75, 3.05) is 18.8 Å². The highest BCUT2D eigenvalue weighted by atomic mass is 16.5. The van der Waals surface area contributed by atoms with E-state index in [0.717, 1.165) is 19.4 Å². The number of nitrogen functional groups attached to an aromatic ring is 1. The summed E-state index contributed by atoms with van der Waals surface area (Å²) >= 11 is 0. The quantitative estimate of drug-likeness (QED) is 0.853. The molecule has 0 radical (unpaired) electrons. The van der Waals surface area contributed by atoms with Crippen LogP contribution in [0.3, 0.4) is 0 Å². The molecular weight excluding hydrogens is 268 g/mol. The molecule has 1 saturated heterocycles. The summed E-state index contributed by atoms with van der Waals surface area (Å²) in [5.41, 5.74) is 6.97. The first kappa shape index (κ1) is 13.6. The molecule has 2 heterocycles. The number of carbonyl (C=O) groups is 1. The Labute approximate surface area is 122 Å². The summed E-state index contributed by atoms with van der Waals surface area (Å²) in [6, 6.07) is 7.02. The van der Waals surface area contributed by atoms with E-state index in [4.69, 9.17) is 10.3 Å². The van der Waals surface area contributed by atoms with Crippen LogP contribution in [-0.2, 0) is 0 Å². The van der Waals surface area contributed by atoms with Crippen molar-refractivity contribution in [3.63, 3.8) is 0 Å². The Hall–Kier alpha value is -2.37. The zero-order valence-electron chi connectivity index (χ0n) is 12.0. The van der Waals surface area contributed by atoms with E-state index in [1.165, 1.54) is 0 Å². The molecule has 3 rings (SSSR count). The lowest BCUT2D eigenvalue weighted by atomic mass is 9.97. The highest BCUT2D eigenvalue weighted by molar-refractivity contribution is 5.94. The summed E-state index contributed by atoms with van der Waals surface area (Å²) in [4.78, 5) is 18.6. The molecule has 0 spiro atoms. The Morgan fingerprint density at radius 3 is 2.81 bits per heavy atom. The van der Waals surface area contributed by atoms with Crippen LogP contribution in [0.2, 0.25) is 0 Å². The first-order valence-corrected chi connectivity index (χ1v) is 7.08. The molecule has 0 aliphatic carbocycles. The fourth-order valence-corrected chi connectivity index (χ4v) is 2.65. The minimum absolute atomic E-state index is 0.0240. The summed E-state index contributed by atoms with van der Waals surface area (Å²) in [6.07, 6.45) is 1.90. The second kappa shape index (κ2) is 5.55. The van der Waals surface area contributed by atoms with Crippen LogP contribution < -0.4 is 5.73 Å². The van der Waals surface area contributed by atoms with E-state index in [9.17, 15) is 4.79 Å². The second-order valence-electron chi connectivity index (χ2n) is 5.39. The molecule has 2 aromatic rings. The van der Waals surface area contributed by atoms with Crippen molar-refractivity contribution in [3.05, 3.63) is 41.5 Å². The minimum atomic E-state index is 0.0240. The average Bonchev–Trinajstić information content (AvgIpc) is 2.94. The molecule has 0 saturated carbocycles. The minimum Gasteiger partial charge on any atom is -0.399 e. The van der Waals surface area contributed by atoms with Gasteiger partial charge >= 0.3 is 0 Å². The van der Waals surface area contributed by atoms with Gasteiger partial charge in [0.05, 0.1) is 5.92 Å². The van der Waals surface area contributed by atoms with Crippen LogP contribution in [0.5, 0.6) is 0 Å². The molecular formula is C15H18N4O2. The van der Waals surface area contributed by atoms with Crippen LogP contribution in [0.1, 0.15) is 40.8 Å². The van der Waals surface area contributed by atoms with E-state index in [1.807, 2.05) is 4.90 Å². The Morgan fingerprint density at radius 2 is 2.14 bits per heavy atom. The molecule has 1 unspecified atom stereocenters. The Kier molecular flexibility index (Phi) is 3.60. The predicted molar refractivity (Wildman–Crippen MR) is 77.8 cm³/mol. The van der Waals surface area contributed by atoms with Crippen LogP contribution >= 0.6 is 0 Å². The van der Waals surface area contributed by atoms with E-state index in [0.29, 0.717) is 29.5 Å². The van der Waals surface area contributed by atoms with Gasteiger partial charge in [-0.1, -0.05) is 5.16 Å². The van der Waals surface area contributed by atoms with Gasteiger partial charge in [0.1, 0.15) is 0 Å². The highest BCUT2D eigenvalue weighted by Crippen LogP contribution is 2.26. The topological polar surface area (TPSA) is 85.2 Å². The Bertz CT molecular complexity index is 635. The number of anilines is 1. The molecule has 1 aromatic carbocycles. The fourth-order valence-electron chi connectivity index (χ4n) is 2.65. The van der Waals surface area contributed by atoms with Crippen LogP contribution in [0, 0.1) is 6.92 Å². The van der Waals surface area contributed by atoms with Crippen molar-refractivity contribution >= 4 is 11.6 Å². The highest BCUT2D eigenvalue weighted by Gasteiger charge is 2.28. The molecule has 2 N–H and O–H groups in total. The zero-order valence-corrected chi connectivity index (χ0v) is 12.0. The van der Waals surface area contributed by atoms with Crippen molar-refractivity contribution in [2.45, 2.75) is 25.7 Å². The Balaban J connectivity index is 1.73. The molecule has 1 aliphatic rings. The maximum atomic E-state index is 12.5. The number of nitrogens with two attached hydrogens (primary N) is 1. The molecule has 0 bridgehead atoms. The average molecular weight is 286 g/mol. The maximum Gasteiger partial charge on any atom is 0.253 e. The van der Waals surface area contributed by atoms with Crippen molar-refractivity contribution in [3.8, 4) is 0 Å². The summed E-state index contributed by atoms with van der Waals surface area (Å²) < 4.78 is 5.24. The standard InChI is InChI=1S/C15H18N4O2/c1-10-17-14(21-18-10)12-3-2-8-19(9-12)15(20)11-4-6-13(16)7-5-11/h4-7,12H,2-3,8-9,16H2,1H3. The third-order valence-electron chi connectivity index (χ3n) is 3.76. The fraction of sp³-hybridized carbons (Fsp3) is 0.400. The number of piperidine rings is 1. The second-order valence-corrected chi connectivity index (χ2v) is 5.39.